The van der Waals surface area contributed by atoms with Gasteiger partial charge in [-0.25, -0.2) is 13.6 Å². The number of carbonyl (C=O) groups excluding carboxylic acids is 1. The van der Waals surface area contributed by atoms with Crippen LogP contribution in [-0.2, 0) is 12.3 Å². The molecule has 1 aliphatic carbocycles. The summed E-state index contributed by atoms with van der Waals surface area (Å²) in [5.74, 6) is -3.00. The van der Waals surface area contributed by atoms with Crippen LogP contribution in [0.1, 0.15) is 48.1 Å². The molecule has 156 valence electrons. The lowest BCUT2D eigenvalue weighted by atomic mass is 9.92. The summed E-state index contributed by atoms with van der Waals surface area (Å²) in [6, 6.07) is 14.2. The maximum absolute atomic E-state index is 14.7. The number of hydrogen-bond acceptors (Lipinski definition) is 2. The van der Waals surface area contributed by atoms with Crippen LogP contribution in [0, 0.1) is 6.92 Å². The fourth-order valence-corrected chi connectivity index (χ4v) is 4.16. The molecule has 4 nitrogen and oxygen atoms in total. The molecule has 0 spiro atoms. The number of nitrogens with zero attached hydrogens (tertiary/aromatic N) is 1. The third-order valence-electron chi connectivity index (χ3n) is 5.67. The number of alkyl halides is 2. The molecule has 0 fully saturated rings. The smallest absolute Gasteiger partial charge is 0.319 e. The lowest BCUT2D eigenvalue weighted by molar-refractivity contribution is -0.0146. The Morgan fingerprint density at radius 2 is 2.00 bits per heavy atom. The number of benzene rings is 2. The number of carbonyl (C=O) groups is 1. The molecule has 1 aromatic heterocycles. The minimum absolute atomic E-state index is 0.115. The lowest BCUT2D eigenvalue weighted by Crippen LogP contribution is -2.28. The van der Waals surface area contributed by atoms with Gasteiger partial charge in [0, 0.05) is 35.5 Å². The molecule has 0 aliphatic heterocycles. The number of aryl methyl sites for hydroxylation is 1. The summed E-state index contributed by atoms with van der Waals surface area (Å²) in [4.78, 5) is 17.0. The van der Waals surface area contributed by atoms with Gasteiger partial charge in [-0.15, -0.1) is 0 Å². The van der Waals surface area contributed by atoms with Crippen molar-refractivity contribution in [1.29, 1.82) is 0 Å². The Balaban J connectivity index is 1.77. The Bertz CT molecular complexity index is 1100. The molecule has 2 aromatic carbocycles. The van der Waals surface area contributed by atoms with Gasteiger partial charge in [-0.1, -0.05) is 35.9 Å². The molecule has 1 unspecified atom stereocenters. The Labute approximate surface area is 174 Å². The van der Waals surface area contributed by atoms with E-state index in [0.717, 1.165) is 22.2 Å². The first-order valence-electron chi connectivity index (χ1n) is 10.3. The van der Waals surface area contributed by atoms with Crippen molar-refractivity contribution in [1.82, 2.24) is 10.3 Å². The van der Waals surface area contributed by atoms with Crippen LogP contribution in [0.15, 0.2) is 48.5 Å². The number of urea groups is 1. The van der Waals surface area contributed by atoms with E-state index in [0.29, 0.717) is 30.6 Å². The van der Waals surface area contributed by atoms with Gasteiger partial charge >= 0.3 is 6.03 Å². The maximum atomic E-state index is 14.7. The second-order valence-corrected chi connectivity index (χ2v) is 7.90. The number of amides is 2. The molecule has 1 atom stereocenters. The van der Waals surface area contributed by atoms with Crippen molar-refractivity contribution in [2.24, 2.45) is 0 Å². The monoisotopic (exact) mass is 409 g/mol. The van der Waals surface area contributed by atoms with E-state index in [2.05, 4.69) is 10.6 Å². The van der Waals surface area contributed by atoms with Crippen LogP contribution >= 0.6 is 0 Å². The number of anilines is 1. The molecule has 6 heteroatoms. The van der Waals surface area contributed by atoms with Crippen LogP contribution in [0.3, 0.4) is 0 Å². The number of pyridine rings is 1. The van der Waals surface area contributed by atoms with E-state index in [-0.39, 0.29) is 23.9 Å². The highest BCUT2D eigenvalue weighted by molar-refractivity contribution is 6.00. The van der Waals surface area contributed by atoms with Crippen molar-refractivity contribution in [2.75, 3.05) is 11.9 Å². The zero-order valence-electron chi connectivity index (χ0n) is 17.1. The van der Waals surface area contributed by atoms with Crippen molar-refractivity contribution in [3.63, 3.8) is 0 Å². The predicted molar refractivity (Wildman–Crippen MR) is 115 cm³/mol. The number of fused-ring (bicyclic) bond motifs is 2. The van der Waals surface area contributed by atoms with Crippen LogP contribution < -0.4 is 10.6 Å². The number of hydrogen-bond donors (Lipinski definition) is 2. The number of rotatable bonds is 3. The number of halogens is 2. The van der Waals surface area contributed by atoms with Gasteiger partial charge in [0.1, 0.15) is 0 Å². The van der Waals surface area contributed by atoms with Crippen LogP contribution in [0.25, 0.3) is 10.9 Å². The molecule has 0 saturated carbocycles. The summed E-state index contributed by atoms with van der Waals surface area (Å²) < 4.78 is 29.4. The highest BCUT2D eigenvalue weighted by Gasteiger charge is 2.38. The summed E-state index contributed by atoms with van der Waals surface area (Å²) in [7, 11) is 0. The molecule has 4 rings (SSSR count). The van der Waals surface area contributed by atoms with E-state index < -0.39 is 5.92 Å². The first kappa shape index (κ1) is 20.3. The fraction of sp³-hybridized carbons (Fsp3) is 0.333. The third kappa shape index (κ3) is 3.99. The van der Waals surface area contributed by atoms with Crippen LogP contribution in [0.4, 0.5) is 19.3 Å². The average Bonchev–Trinajstić information content (AvgIpc) is 2.85. The molecule has 2 N–H and O–H groups in total. The minimum atomic E-state index is -2.85. The molecule has 0 radical (unpaired) electrons. The molecular formula is C24H25F2N3O. The van der Waals surface area contributed by atoms with Gasteiger partial charge in [0.05, 0.1) is 11.2 Å². The van der Waals surface area contributed by atoms with Crippen LogP contribution in [-0.4, -0.2) is 17.6 Å². The number of aromatic nitrogens is 1. The normalized spacial score (nSPS) is 17.8. The van der Waals surface area contributed by atoms with Gasteiger partial charge < -0.3 is 10.6 Å². The predicted octanol–water partition coefficient (Wildman–Crippen LogP) is 5.90. The van der Waals surface area contributed by atoms with Gasteiger partial charge in [0.2, 0.25) is 0 Å². The minimum Gasteiger partial charge on any atom is -0.338 e. The molecule has 2 amide bonds. The van der Waals surface area contributed by atoms with Gasteiger partial charge in [0.15, 0.2) is 0 Å². The number of nitrogens with one attached hydrogen (secondary N) is 2. The standard InChI is InChI=1S/C24H25F2N3O/c1-3-27-23(30)29-22-14-21(28-20-9-8-15(2)12-18(20)22)17-10-11-24(25,26)19-7-5-4-6-16(19)13-17/h4-9,12,14,17H,3,10-11,13H2,1-2H3,(H2,27,28,29,30). The molecule has 0 bridgehead atoms. The molecule has 30 heavy (non-hydrogen) atoms. The van der Waals surface area contributed by atoms with E-state index >= 15 is 0 Å². The van der Waals surface area contributed by atoms with Crippen molar-refractivity contribution < 1.29 is 13.6 Å². The van der Waals surface area contributed by atoms with Crippen LogP contribution in [0.2, 0.25) is 0 Å². The summed E-state index contributed by atoms with van der Waals surface area (Å²) in [6.45, 7) is 4.34. The van der Waals surface area contributed by atoms with E-state index in [9.17, 15) is 13.6 Å². The van der Waals surface area contributed by atoms with E-state index in [1.807, 2.05) is 38.1 Å². The van der Waals surface area contributed by atoms with Gasteiger partial charge in [-0.3, -0.25) is 4.98 Å². The highest BCUT2D eigenvalue weighted by Crippen LogP contribution is 2.43. The van der Waals surface area contributed by atoms with E-state index in [1.54, 1.807) is 18.2 Å². The zero-order valence-corrected chi connectivity index (χ0v) is 17.1. The lowest BCUT2D eigenvalue weighted by Gasteiger charge is -2.18. The Kier molecular flexibility index (Phi) is 5.41. The summed E-state index contributed by atoms with van der Waals surface area (Å²) in [5, 5.41) is 6.48. The quantitative estimate of drug-likeness (QED) is 0.530. The van der Waals surface area contributed by atoms with Crippen LogP contribution in [0.5, 0.6) is 0 Å². The highest BCUT2D eigenvalue weighted by atomic mass is 19.3. The first-order valence-corrected chi connectivity index (χ1v) is 10.3. The van der Waals surface area contributed by atoms with Gasteiger partial charge in [-0.2, -0.15) is 0 Å². The molecule has 0 saturated heterocycles. The van der Waals surface area contributed by atoms with E-state index in [4.69, 9.17) is 4.98 Å². The van der Waals surface area contributed by atoms with Gasteiger partial charge in [0.25, 0.3) is 5.92 Å². The zero-order chi connectivity index (χ0) is 21.3. The first-order chi connectivity index (χ1) is 14.4. The second kappa shape index (κ2) is 8.01. The Morgan fingerprint density at radius 1 is 1.20 bits per heavy atom. The third-order valence-corrected chi connectivity index (χ3v) is 5.67. The summed E-state index contributed by atoms with van der Waals surface area (Å²) >= 11 is 0. The largest absolute Gasteiger partial charge is 0.338 e. The maximum Gasteiger partial charge on any atom is 0.319 e. The second-order valence-electron chi connectivity index (χ2n) is 7.90. The van der Waals surface area contributed by atoms with Crippen molar-refractivity contribution in [3.8, 4) is 0 Å². The average molecular weight is 409 g/mol. The van der Waals surface area contributed by atoms with Crippen molar-refractivity contribution >= 4 is 22.6 Å². The Hall–Kier alpha value is -3.02. The Morgan fingerprint density at radius 3 is 2.80 bits per heavy atom. The summed E-state index contributed by atoms with van der Waals surface area (Å²) in [6.07, 6.45) is 0.602. The fourth-order valence-electron chi connectivity index (χ4n) is 4.16. The molecule has 3 aromatic rings. The molecular weight excluding hydrogens is 384 g/mol. The molecule has 1 aliphatic rings. The van der Waals surface area contributed by atoms with Gasteiger partial charge in [-0.05, 0) is 50.5 Å². The van der Waals surface area contributed by atoms with Crippen molar-refractivity contribution in [3.05, 3.63) is 70.9 Å². The molecule has 1 heterocycles. The SMILES string of the molecule is CCNC(=O)Nc1cc(C2CCC(F)(F)c3ccccc3C2)nc2ccc(C)cc12. The van der Waals surface area contributed by atoms with E-state index in [1.165, 1.54) is 6.07 Å². The van der Waals surface area contributed by atoms with Crippen molar-refractivity contribution in [2.45, 2.75) is 45.0 Å². The topological polar surface area (TPSA) is 54.0 Å². The summed E-state index contributed by atoms with van der Waals surface area (Å²) in [5.41, 5.74) is 3.95.